The third kappa shape index (κ3) is 4.61. The Labute approximate surface area is 143 Å². The minimum Gasteiger partial charge on any atom is -0.508 e. The van der Waals surface area contributed by atoms with Gasteiger partial charge in [0.1, 0.15) is 5.75 Å². The Morgan fingerprint density at radius 3 is 2.38 bits per heavy atom. The number of aliphatic hydroxyl groups is 1. The van der Waals surface area contributed by atoms with Crippen LogP contribution < -0.4 is 5.32 Å². The number of aromatic hydroxyl groups is 1. The summed E-state index contributed by atoms with van der Waals surface area (Å²) in [5.74, 6) is 1.21. The third-order valence-corrected chi connectivity index (χ3v) is 4.84. The molecule has 0 atom stereocenters. The van der Waals surface area contributed by atoms with Gasteiger partial charge in [0.15, 0.2) is 5.96 Å². The number of hydrogen-bond acceptors (Lipinski definition) is 4. The van der Waals surface area contributed by atoms with Gasteiger partial charge >= 0.3 is 0 Å². The smallest absolute Gasteiger partial charge is 0.198 e. The first kappa shape index (κ1) is 17.0. The zero-order chi connectivity index (χ0) is 16.8. The van der Waals surface area contributed by atoms with Gasteiger partial charge in [-0.2, -0.15) is 0 Å². The number of guanidine groups is 1. The van der Waals surface area contributed by atoms with Gasteiger partial charge in [-0.15, -0.1) is 0 Å². The first-order valence-electron chi connectivity index (χ1n) is 8.96. The van der Waals surface area contributed by atoms with E-state index in [-0.39, 0.29) is 12.4 Å². The number of nitrogens with one attached hydrogen (secondary N) is 1. The lowest BCUT2D eigenvalue weighted by atomic mass is 10.2. The number of anilines is 1. The SMILES string of the molecule is OCCN1CCN(C(=NC2CCCC2)Nc2ccc(O)cc2)CC1. The number of benzene rings is 1. The molecule has 0 amide bonds. The summed E-state index contributed by atoms with van der Waals surface area (Å²) in [6.45, 7) is 4.68. The molecule has 3 N–H and O–H groups in total. The van der Waals surface area contributed by atoms with Crippen molar-refractivity contribution >= 4 is 11.6 Å². The minimum atomic E-state index is 0.217. The Hall–Kier alpha value is -1.79. The number of phenolic OH excluding ortho intramolecular Hbond substituents is 1. The van der Waals surface area contributed by atoms with Crippen LogP contribution in [0.3, 0.4) is 0 Å². The predicted molar refractivity (Wildman–Crippen MR) is 96.5 cm³/mol. The Bertz CT molecular complexity index is 532. The lowest BCUT2D eigenvalue weighted by Gasteiger charge is -2.36. The molecule has 3 rings (SSSR count). The number of piperazine rings is 1. The monoisotopic (exact) mass is 332 g/mol. The van der Waals surface area contributed by atoms with Crippen molar-refractivity contribution < 1.29 is 10.2 Å². The van der Waals surface area contributed by atoms with Gasteiger partial charge in [0.25, 0.3) is 0 Å². The first-order valence-corrected chi connectivity index (χ1v) is 8.96. The quantitative estimate of drug-likeness (QED) is 0.445. The lowest BCUT2D eigenvalue weighted by molar-refractivity contribution is 0.147. The van der Waals surface area contributed by atoms with Crippen LogP contribution in [0.1, 0.15) is 25.7 Å². The van der Waals surface area contributed by atoms with Gasteiger partial charge in [-0.1, -0.05) is 12.8 Å². The van der Waals surface area contributed by atoms with Crippen molar-refractivity contribution in [3.05, 3.63) is 24.3 Å². The Morgan fingerprint density at radius 1 is 1.08 bits per heavy atom. The highest BCUT2D eigenvalue weighted by molar-refractivity contribution is 5.94. The minimum absolute atomic E-state index is 0.217. The molecule has 1 aliphatic carbocycles. The second kappa shape index (κ2) is 8.35. The maximum absolute atomic E-state index is 9.45. The van der Waals surface area contributed by atoms with Gasteiger partial charge in [0.05, 0.1) is 12.6 Å². The van der Waals surface area contributed by atoms with Gasteiger partial charge in [-0.3, -0.25) is 4.90 Å². The van der Waals surface area contributed by atoms with Crippen molar-refractivity contribution in [2.45, 2.75) is 31.7 Å². The summed E-state index contributed by atoms with van der Waals surface area (Å²) in [4.78, 5) is 9.58. The maximum atomic E-state index is 9.45. The predicted octanol–water partition coefficient (Wildman–Crippen LogP) is 1.71. The van der Waals surface area contributed by atoms with Crippen molar-refractivity contribution in [1.82, 2.24) is 9.80 Å². The Morgan fingerprint density at radius 2 is 1.75 bits per heavy atom. The molecule has 0 unspecified atom stereocenters. The van der Waals surface area contributed by atoms with Crippen LogP contribution in [0.25, 0.3) is 0 Å². The van der Waals surface area contributed by atoms with Gasteiger partial charge < -0.3 is 20.4 Å². The van der Waals surface area contributed by atoms with Gasteiger partial charge in [-0.05, 0) is 37.1 Å². The van der Waals surface area contributed by atoms with Crippen molar-refractivity contribution in [2.24, 2.45) is 4.99 Å². The van der Waals surface area contributed by atoms with Crippen molar-refractivity contribution in [3.8, 4) is 5.75 Å². The first-order chi connectivity index (χ1) is 11.7. The summed E-state index contributed by atoms with van der Waals surface area (Å²) in [5, 5.41) is 22.0. The standard InChI is InChI=1S/C18H28N4O2/c23-14-13-21-9-11-22(12-10-21)18(19-15-3-1-2-4-15)20-16-5-7-17(24)8-6-16/h5-8,15,23-24H,1-4,9-14H2,(H,19,20). The van der Waals surface area contributed by atoms with E-state index in [2.05, 4.69) is 15.1 Å². The number of rotatable bonds is 4. The van der Waals surface area contributed by atoms with Crippen LogP contribution in [-0.2, 0) is 0 Å². The number of hydrogen-bond donors (Lipinski definition) is 3. The van der Waals surface area contributed by atoms with E-state index >= 15 is 0 Å². The fourth-order valence-corrected chi connectivity index (χ4v) is 3.40. The van der Waals surface area contributed by atoms with E-state index in [1.54, 1.807) is 12.1 Å². The van der Waals surface area contributed by atoms with E-state index < -0.39 is 0 Å². The fourth-order valence-electron chi connectivity index (χ4n) is 3.40. The Kier molecular flexibility index (Phi) is 5.93. The largest absolute Gasteiger partial charge is 0.508 e. The van der Waals surface area contributed by atoms with Crippen LogP contribution in [-0.4, -0.2) is 71.3 Å². The number of aliphatic imine (C=N–C) groups is 1. The molecular formula is C18H28N4O2. The van der Waals surface area contributed by atoms with Gasteiger partial charge in [0, 0.05) is 38.4 Å². The van der Waals surface area contributed by atoms with E-state index in [1.807, 2.05) is 12.1 Å². The maximum Gasteiger partial charge on any atom is 0.198 e. The second-order valence-electron chi connectivity index (χ2n) is 6.62. The van der Waals surface area contributed by atoms with Gasteiger partial charge in [-0.25, -0.2) is 4.99 Å². The average Bonchev–Trinajstić information content (AvgIpc) is 3.10. The summed E-state index contributed by atoms with van der Waals surface area (Å²) in [7, 11) is 0. The summed E-state index contributed by atoms with van der Waals surface area (Å²) < 4.78 is 0. The molecule has 1 saturated carbocycles. The van der Waals surface area contributed by atoms with Crippen LogP contribution in [0.5, 0.6) is 5.75 Å². The molecule has 1 heterocycles. The number of β-amino-alcohol motifs (C(OH)–C–C–N with tert-alkyl or cyclic N) is 1. The molecule has 1 aliphatic heterocycles. The molecule has 0 aromatic heterocycles. The molecule has 6 heteroatoms. The summed E-state index contributed by atoms with van der Waals surface area (Å²) >= 11 is 0. The Balaban J connectivity index is 1.69. The molecule has 0 radical (unpaired) electrons. The normalized spacial score (nSPS) is 20.5. The molecule has 0 bridgehead atoms. The molecule has 6 nitrogen and oxygen atoms in total. The van der Waals surface area contributed by atoms with Crippen molar-refractivity contribution in [2.75, 3.05) is 44.6 Å². The summed E-state index contributed by atoms with van der Waals surface area (Å²) in [6, 6.07) is 7.55. The van der Waals surface area contributed by atoms with Gasteiger partial charge in [0.2, 0.25) is 0 Å². The van der Waals surface area contributed by atoms with E-state index in [0.717, 1.165) is 44.4 Å². The fraction of sp³-hybridized carbons (Fsp3) is 0.611. The molecule has 1 saturated heterocycles. The summed E-state index contributed by atoms with van der Waals surface area (Å²) in [5.41, 5.74) is 0.947. The molecule has 1 aromatic rings. The number of nitrogens with zero attached hydrogens (tertiary/aromatic N) is 3. The van der Waals surface area contributed by atoms with Crippen LogP contribution in [0, 0.1) is 0 Å². The molecule has 0 spiro atoms. The van der Waals surface area contributed by atoms with E-state index in [9.17, 15) is 5.11 Å². The summed E-state index contributed by atoms with van der Waals surface area (Å²) in [6.07, 6.45) is 4.88. The van der Waals surface area contributed by atoms with E-state index in [4.69, 9.17) is 10.1 Å². The molecule has 132 valence electrons. The van der Waals surface area contributed by atoms with Crippen LogP contribution in [0.4, 0.5) is 5.69 Å². The zero-order valence-corrected chi connectivity index (χ0v) is 14.2. The average molecular weight is 332 g/mol. The van der Waals surface area contributed by atoms with E-state index in [1.165, 1.54) is 25.7 Å². The molecular weight excluding hydrogens is 304 g/mol. The second-order valence-corrected chi connectivity index (χ2v) is 6.62. The van der Waals surface area contributed by atoms with Crippen LogP contribution in [0.15, 0.2) is 29.3 Å². The van der Waals surface area contributed by atoms with E-state index in [0.29, 0.717) is 6.04 Å². The highest BCUT2D eigenvalue weighted by Crippen LogP contribution is 2.22. The lowest BCUT2D eigenvalue weighted by Crippen LogP contribution is -2.51. The number of phenols is 1. The molecule has 2 fully saturated rings. The van der Waals surface area contributed by atoms with Crippen molar-refractivity contribution in [1.29, 1.82) is 0 Å². The molecule has 1 aromatic carbocycles. The van der Waals surface area contributed by atoms with Crippen molar-refractivity contribution in [3.63, 3.8) is 0 Å². The highest BCUT2D eigenvalue weighted by Gasteiger charge is 2.22. The highest BCUT2D eigenvalue weighted by atomic mass is 16.3. The molecule has 24 heavy (non-hydrogen) atoms. The topological polar surface area (TPSA) is 71.3 Å². The molecule has 2 aliphatic rings. The third-order valence-electron chi connectivity index (χ3n) is 4.84. The number of aliphatic hydroxyl groups excluding tert-OH is 1. The van der Waals surface area contributed by atoms with Crippen LogP contribution >= 0.6 is 0 Å². The van der Waals surface area contributed by atoms with Crippen LogP contribution in [0.2, 0.25) is 0 Å². The zero-order valence-electron chi connectivity index (χ0n) is 14.2.